The lowest BCUT2D eigenvalue weighted by molar-refractivity contribution is 0.0600. The maximum absolute atomic E-state index is 11.7. The third-order valence-corrected chi connectivity index (χ3v) is 3.34. The second kappa shape index (κ2) is 6.30. The summed E-state index contributed by atoms with van der Waals surface area (Å²) in [5, 5.41) is 8.97. The summed E-state index contributed by atoms with van der Waals surface area (Å²) in [5.74, 6) is -1.38. The Kier molecular flexibility index (Phi) is 4.46. The van der Waals surface area contributed by atoms with Gasteiger partial charge in [-0.25, -0.2) is 9.59 Å². The molecule has 2 aromatic rings. The summed E-state index contributed by atoms with van der Waals surface area (Å²) in [6.07, 6.45) is 0. The van der Waals surface area contributed by atoms with E-state index >= 15 is 0 Å². The number of esters is 1. The van der Waals surface area contributed by atoms with E-state index in [0.29, 0.717) is 5.56 Å². The summed E-state index contributed by atoms with van der Waals surface area (Å²) in [6.45, 7) is 0. The number of carbonyl (C=O) groups is 2. The SMILES string of the molecule is COC(=O)c1ccc(N(C)C)c(-c2ccc(C(=O)O)cc2)c1. The van der Waals surface area contributed by atoms with Crippen LogP contribution >= 0.6 is 0 Å². The highest BCUT2D eigenvalue weighted by Crippen LogP contribution is 2.31. The molecular weight excluding hydrogens is 282 g/mol. The average Bonchev–Trinajstić information content (AvgIpc) is 2.53. The molecule has 0 saturated heterocycles. The van der Waals surface area contributed by atoms with Crippen molar-refractivity contribution in [2.75, 3.05) is 26.1 Å². The minimum atomic E-state index is -0.970. The predicted octanol–water partition coefficient (Wildman–Crippen LogP) is 2.90. The number of benzene rings is 2. The van der Waals surface area contributed by atoms with Crippen LogP contribution in [0.3, 0.4) is 0 Å². The molecule has 0 atom stereocenters. The van der Waals surface area contributed by atoms with Gasteiger partial charge in [-0.1, -0.05) is 12.1 Å². The second-order valence-corrected chi connectivity index (χ2v) is 5.00. The van der Waals surface area contributed by atoms with E-state index in [1.54, 1.807) is 36.4 Å². The monoisotopic (exact) mass is 299 g/mol. The number of methoxy groups -OCH3 is 1. The van der Waals surface area contributed by atoms with E-state index in [4.69, 9.17) is 9.84 Å². The first-order valence-electron chi connectivity index (χ1n) is 6.67. The van der Waals surface area contributed by atoms with Crippen molar-refractivity contribution in [2.24, 2.45) is 0 Å². The molecule has 0 aliphatic carbocycles. The van der Waals surface area contributed by atoms with E-state index in [1.165, 1.54) is 7.11 Å². The standard InChI is InChI=1S/C17H17NO4/c1-18(2)15-9-8-13(17(21)22-3)10-14(15)11-4-6-12(7-5-11)16(19)20/h4-10H,1-3H3,(H,19,20). The van der Waals surface area contributed by atoms with Crippen LogP contribution in [0, 0.1) is 0 Å². The summed E-state index contributed by atoms with van der Waals surface area (Å²) in [7, 11) is 5.15. The van der Waals surface area contributed by atoms with Gasteiger partial charge in [0.25, 0.3) is 0 Å². The lowest BCUT2D eigenvalue weighted by atomic mass is 9.99. The molecule has 0 spiro atoms. The Morgan fingerprint density at radius 2 is 1.59 bits per heavy atom. The van der Waals surface area contributed by atoms with Crippen LogP contribution in [-0.4, -0.2) is 38.3 Å². The van der Waals surface area contributed by atoms with Crippen molar-refractivity contribution >= 4 is 17.6 Å². The summed E-state index contributed by atoms with van der Waals surface area (Å²) in [5.41, 5.74) is 3.27. The fourth-order valence-corrected chi connectivity index (χ4v) is 2.19. The fourth-order valence-electron chi connectivity index (χ4n) is 2.19. The van der Waals surface area contributed by atoms with Crippen molar-refractivity contribution in [2.45, 2.75) is 0 Å². The summed E-state index contributed by atoms with van der Waals surface area (Å²) in [6, 6.07) is 11.8. The zero-order chi connectivity index (χ0) is 16.3. The first kappa shape index (κ1) is 15.6. The van der Waals surface area contributed by atoms with Gasteiger partial charge in [-0.2, -0.15) is 0 Å². The molecule has 0 aliphatic heterocycles. The lowest BCUT2D eigenvalue weighted by Crippen LogP contribution is -2.11. The van der Waals surface area contributed by atoms with E-state index < -0.39 is 11.9 Å². The van der Waals surface area contributed by atoms with Crippen molar-refractivity contribution in [3.8, 4) is 11.1 Å². The summed E-state index contributed by atoms with van der Waals surface area (Å²) >= 11 is 0. The Morgan fingerprint density at radius 3 is 2.09 bits per heavy atom. The summed E-state index contributed by atoms with van der Waals surface area (Å²) in [4.78, 5) is 24.6. The third kappa shape index (κ3) is 3.09. The van der Waals surface area contributed by atoms with E-state index in [0.717, 1.165) is 16.8 Å². The van der Waals surface area contributed by atoms with Crippen LogP contribution < -0.4 is 4.90 Å². The van der Waals surface area contributed by atoms with Crippen LogP contribution in [0.1, 0.15) is 20.7 Å². The quantitative estimate of drug-likeness (QED) is 0.879. The molecule has 0 amide bonds. The highest BCUT2D eigenvalue weighted by Gasteiger charge is 2.13. The Morgan fingerprint density at radius 1 is 1.00 bits per heavy atom. The van der Waals surface area contributed by atoms with Gasteiger partial charge in [0.2, 0.25) is 0 Å². The van der Waals surface area contributed by atoms with Gasteiger partial charge in [0, 0.05) is 25.3 Å². The Bertz CT molecular complexity index is 705. The number of nitrogens with zero attached hydrogens (tertiary/aromatic N) is 1. The normalized spacial score (nSPS) is 10.1. The van der Waals surface area contributed by atoms with Gasteiger partial charge in [0.1, 0.15) is 0 Å². The molecule has 0 radical (unpaired) electrons. The number of anilines is 1. The lowest BCUT2D eigenvalue weighted by Gasteiger charge is -2.18. The molecule has 0 aromatic heterocycles. The molecule has 22 heavy (non-hydrogen) atoms. The smallest absolute Gasteiger partial charge is 0.337 e. The van der Waals surface area contributed by atoms with E-state index in [-0.39, 0.29) is 5.56 Å². The molecule has 1 N–H and O–H groups in total. The van der Waals surface area contributed by atoms with Crippen LogP contribution in [0.4, 0.5) is 5.69 Å². The van der Waals surface area contributed by atoms with Crippen molar-refractivity contribution in [1.29, 1.82) is 0 Å². The maximum atomic E-state index is 11.7. The molecule has 0 fully saturated rings. The zero-order valence-electron chi connectivity index (χ0n) is 12.7. The third-order valence-electron chi connectivity index (χ3n) is 3.34. The van der Waals surface area contributed by atoms with Crippen LogP contribution in [0.5, 0.6) is 0 Å². The molecular formula is C17H17NO4. The minimum absolute atomic E-state index is 0.222. The second-order valence-electron chi connectivity index (χ2n) is 5.00. The first-order chi connectivity index (χ1) is 10.4. The number of hydrogen-bond acceptors (Lipinski definition) is 4. The van der Waals surface area contributed by atoms with Crippen LogP contribution in [-0.2, 0) is 4.74 Å². The van der Waals surface area contributed by atoms with Gasteiger partial charge in [-0.3, -0.25) is 0 Å². The van der Waals surface area contributed by atoms with E-state index in [1.807, 2.05) is 25.1 Å². The number of ether oxygens (including phenoxy) is 1. The van der Waals surface area contributed by atoms with Crippen molar-refractivity contribution < 1.29 is 19.4 Å². The van der Waals surface area contributed by atoms with Crippen molar-refractivity contribution in [3.05, 3.63) is 53.6 Å². The molecule has 114 valence electrons. The molecule has 0 aliphatic rings. The number of carbonyl (C=O) groups excluding carboxylic acids is 1. The molecule has 0 unspecified atom stereocenters. The van der Waals surface area contributed by atoms with Crippen molar-refractivity contribution in [1.82, 2.24) is 0 Å². The molecule has 2 aromatic carbocycles. The predicted molar refractivity (Wildman–Crippen MR) is 84.5 cm³/mol. The molecule has 5 heteroatoms. The van der Waals surface area contributed by atoms with E-state index in [2.05, 4.69) is 0 Å². The van der Waals surface area contributed by atoms with Crippen LogP contribution in [0.2, 0.25) is 0 Å². The van der Waals surface area contributed by atoms with Gasteiger partial charge in [0.15, 0.2) is 0 Å². The Labute approximate surface area is 128 Å². The number of hydrogen-bond donors (Lipinski definition) is 1. The highest BCUT2D eigenvalue weighted by atomic mass is 16.5. The topological polar surface area (TPSA) is 66.8 Å². The first-order valence-corrected chi connectivity index (χ1v) is 6.67. The van der Waals surface area contributed by atoms with E-state index in [9.17, 15) is 9.59 Å². The van der Waals surface area contributed by atoms with Gasteiger partial charge in [-0.15, -0.1) is 0 Å². The maximum Gasteiger partial charge on any atom is 0.337 e. The largest absolute Gasteiger partial charge is 0.478 e. The van der Waals surface area contributed by atoms with Gasteiger partial charge < -0.3 is 14.7 Å². The Hall–Kier alpha value is -2.82. The average molecular weight is 299 g/mol. The van der Waals surface area contributed by atoms with Crippen LogP contribution in [0.15, 0.2) is 42.5 Å². The van der Waals surface area contributed by atoms with Gasteiger partial charge >= 0.3 is 11.9 Å². The molecule has 2 rings (SSSR count). The Balaban J connectivity index is 2.55. The number of carboxylic acids is 1. The number of rotatable bonds is 4. The minimum Gasteiger partial charge on any atom is -0.478 e. The zero-order valence-corrected chi connectivity index (χ0v) is 12.7. The van der Waals surface area contributed by atoms with Crippen LogP contribution in [0.25, 0.3) is 11.1 Å². The molecule has 0 heterocycles. The fraction of sp³-hybridized carbons (Fsp3) is 0.176. The number of aromatic carboxylic acids is 1. The highest BCUT2D eigenvalue weighted by molar-refractivity contribution is 5.94. The van der Waals surface area contributed by atoms with Gasteiger partial charge in [-0.05, 0) is 35.9 Å². The number of carboxylic acid groups (broad SMARTS) is 1. The van der Waals surface area contributed by atoms with Crippen molar-refractivity contribution in [3.63, 3.8) is 0 Å². The molecule has 5 nitrogen and oxygen atoms in total. The molecule has 0 saturated carbocycles. The van der Waals surface area contributed by atoms with Gasteiger partial charge in [0.05, 0.1) is 18.2 Å². The molecule has 0 bridgehead atoms. The summed E-state index contributed by atoms with van der Waals surface area (Å²) < 4.78 is 4.75.